The summed E-state index contributed by atoms with van der Waals surface area (Å²) in [7, 11) is 0. The molecule has 0 radical (unpaired) electrons. The minimum atomic E-state index is -1.08. The fraction of sp³-hybridized carbons (Fsp3) is 0.500. The number of carboxylic acids is 2. The number of aliphatic carboxylic acids is 2. The van der Waals surface area contributed by atoms with Crippen LogP contribution in [0.15, 0.2) is 0 Å². The Kier molecular flexibility index (Phi) is 7.89. The number of carbonyl (C=O) groups is 2. The van der Waals surface area contributed by atoms with E-state index in [1.54, 1.807) is 0 Å². The Morgan fingerprint density at radius 1 is 1.00 bits per heavy atom. The second kappa shape index (κ2) is 6.07. The molecule has 0 saturated heterocycles. The smallest absolute Gasteiger partial charge is 0.481 e. The second-order valence-electron chi connectivity index (χ2n) is 1.29. The van der Waals surface area contributed by atoms with E-state index in [0.29, 0.717) is 0 Å². The van der Waals surface area contributed by atoms with E-state index in [1.807, 2.05) is 0 Å². The molecule has 0 heterocycles. The molecular weight excluding hydrogens is 135 g/mol. The summed E-state index contributed by atoms with van der Waals surface area (Å²) in [4.78, 5) is 19.3. The Balaban J connectivity index is 0. The van der Waals surface area contributed by atoms with Gasteiger partial charge >= 0.3 is 41.5 Å². The van der Waals surface area contributed by atoms with Crippen molar-refractivity contribution in [3.05, 3.63) is 0 Å². The van der Waals surface area contributed by atoms with Crippen molar-refractivity contribution in [2.45, 2.75) is 12.8 Å². The van der Waals surface area contributed by atoms with Crippen molar-refractivity contribution in [1.82, 2.24) is 0 Å². The van der Waals surface area contributed by atoms with Crippen LogP contribution >= 0.6 is 0 Å². The van der Waals surface area contributed by atoms with Crippen molar-refractivity contribution >= 4 is 11.9 Å². The molecule has 0 atom stereocenters. The van der Waals surface area contributed by atoms with Gasteiger partial charge in [0.25, 0.3) is 0 Å². The number of rotatable bonds is 3. The normalized spacial score (nSPS) is 7.56. The van der Waals surface area contributed by atoms with E-state index in [-0.39, 0.29) is 42.4 Å². The first-order chi connectivity index (χ1) is 3.63. The minimum absolute atomic E-state index is 0. The quantitative estimate of drug-likeness (QED) is 0.409. The Hall–Kier alpha value is -0.0600. The van der Waals surface area contributed by atoms with Crippen LogP contribution in [0, 0.1) is 0 Å². The Morgan fingerprint density at radius 2 is 1.22 bits per heavy atom. The molecule has 0 unspecified atom stereocenters. The van der Waals surface area contributed by atoms with Crippen LogP contribution in [-0.2, 0) is 9.59 Å². The molecule has 5 heteroatoms. The molecule has 0 rings (SSSR count). The summed E-state index contributed by atoms with van der Waals surface area (Å²) in [6, 6.07) is 0. The van der Waals surface area contributed by atoms with E-state index >= 15 is 0 Å². The van der Waals surface area contributed by atoms with Gasteiger partial charge in [-0.1, -0.05) is 0 Å². The van der Waals surface area contributed by atoms with E-state index in [0.717, 1.165) is 0 Å². The third-order valence-electron chi connectivity index (χ3n) is 0.553. The van der Waals surface area contributed by atoms with Crippen LogP contribution < -0.4 is 29.6 Å². The van der Waals surface area contributed by atoms with Gasteiger partial charge in [0.2, 0.25) is 0 Å². The van der Waals surface area contributed by atoms with Gasteiger partial charge in [-0.15, -0.1) is 0 Å². The SMILES string of the molecule is O=C(O)CCC(=O)O.[Na+]. The van der Waals surface area contributed by atoms with Gasteiger partial charge in [0.05, 0.1) is 12.8 Å². The van der Waals surface area contributed by atoms with Gasteiger partial charge in [-0.3, -0.25) is 9.59 Å². The summed E-state index contributed by atoms with van der Waals surface area (Å²) in [5.41, 5.74) is 0. The van der Waals surface area contributed by atoms with Crippen molar-refractivity contribution in [3.63, 3.8) is 0 Å². The van der Waals surface area contributed by atoms with Gasteiger partial charge in [0.1, 0.15) is 0 Å². The van der Waals surface area contributed by atoms with Gasteiger partial charge < -0.3 is 10.2 Å². The minimum Gasteiger partial charge on any atom is -0.481 e. The first kappa shape index (κ1) is 11.7. The van der Waals surface area contributed by atoms with Crippen molar-refractivity contribution in [2.75, 3.05) is 0 Å². The van der Waals surface area contributed by atoms with Crippen molar-refractivity contribution in [3.8, 4) is 0 Å². The van der Waals surface area contributed by atoms with E-state index in [4.69, 9.17) is 10.2 Å². The molecule has 0 bridgehead atoms. The van der Waals surface area contributed by atoms with Crippen LogP contribution in [-0.4, -0.2) is 22.2 Å². The van der Waals surface area contributed by atoms with E-state index in [1.165, 1.54) is 0 Å². The van der Waals surface area contributed by atoms with Gasteiger partial charge in [-0.05, 0) is 0 Å². The van der Waals surface area contributed by atoms with Crippen LogP contribution in [0.1, 0.15) is 12.8 Å². The molecule has 4 nitrogen and oxygen atoms in total. The predicted molar refractivity (Wildman–Crippen MR) is 24.5 cm³/mol. The van der Waals surface area contributed by atoms with Crippen LogP contribution in [0.3, 0.4) is 0 Å². The van der Waals surface area contributed by atoms with Crippen LogP contribution in [0.25, 0.3) is 0 Å². The first-order valence-corrected chi connectivity index (χ1v) is 2.06. The summed E-state index contributed by atoms with van der Waals surface area (Å²) in [6.45, 7) is 0. The standard InChI is InChI=1S/C4H6O4.Na/c5-3(6)1-2-4(7)8;/h1-2H2,(H,5,6)(H,7,8);/q;+1. The molecule has 0 spiro atoms. The molecule has 2 N–H and O–H groups in total. The van der Waals surface area contributed by atoms with Crippen molar-refractivity contribution in [2.24, 2.45) is 0 Å². The molecule has 0 aromatic heterocycles. The number of hydrogen-bond donors (Lipinski definition) is 2. The largest absolute Gasteiger partial charge is 1.00 e. The molecular formula is C4H6NaO4+. The zero-order valence-electron chi connectivity index (χ0n) is 5.13. The van der Waals surface area contributed by atoms with Crippen molar-refractivity contribution < 1.29 is 49.4 Å². The Labute approximate surface area is 74.2 Å². The summed E-state index contributed by atoms with van der Waals surface area (Å²) >= 11 is 0. The predicted octanol–water partition coefficient (Wildman–Crippen LogP) is -3.06. The average Bonchev–Trinajstić information content (AvgIpc) is 1.61. The molecule has 0 amide bonds. The summed E-state index contributed by atoms with van der Waals surface area (Å²) in [5, 5.41) is 15.8. The molecule has 0 aliphatic rings. The fourth-order valence-electron chi connectivity index (χ4n) is 0.214. The Morgan fingerprint density at radius 3 is 1.33 bits per heavy atom. The molecule has 0 aliphatic carbocycles. The summed E-state index contributed by atoms with van der Waals surface area (Å²) in [5.74, 6) is -2.15. The monoisotopic (exact) mass is 141 g/mol. The van der Waals surface area contributed by atoms with Crippen LogP contribution in [0.4, 0.5) is 0 Å². The zero-order chi connectivity index (χ0) is 6.57. The Bertz CT molecular complexity index is 97.1. The topological polar surface area (TPSA) is 74.6 Å². The average molecular weight is 141 g/mol. The fourth-order valence-corrected chi connectivity index (χ4v) is 0.214. The first-order valence-electron chi connectivity index (χ1n) is 2.06. The van der Waals surface area contributed by atoms with Crippen LogP contribution in [0.5, 0.6) is 0 Å². The molecule has 0 aliphatic heterocycles. The maximum atomic E-state index is 9.64. The third kappa shape index (κ3) is 11.5. The van der Waals surface area contributed by atoms with Gasteiger partial charge in [-0.25, -0.2) is 0 Å². The molecule has 46 valence electrons. The maximum absolute atomic E-state index is 9.64. The van der Waals surface area contributed by atoms with Gasteiger partial charge in [0.15, 0.2) is 0 Å². The van der Waals surface area contributed by atoms with Crippen LogP contribution in [0.2, 0.25) is 0 Å². The molecule has 0 aromatic rings. The molecule has 9 heavy (non-hydrogen) atoms. The third-order valence-corrected chi connectivity index (χ3v) is 0.553. The van der Waals surface area contributed by atoms with Gasteiger partial charge in [0, 0.05) is 0 Å². The molecule has 0 saturated carbocycles. The molecule has 0 fully saturated rings. The van der Waals surface area contributed by atoms with E-state index in [9.17, 15) is 9.59 Å². The zero-order valence-corrected chi connectivity index (χ0v) is 7.13. The van der Waals surface area contributed by atoms with E-state index in [2.05, 4.69) is 0 Å². The number of hydrogen-bond acceptors (Lipinski definition) is 2. The summed E-state index contributed by atoms with van der Waals surface area (Å²) < 4.78 is 0. The number of carboxylic acid groups (broad SMARTS) is 2. The van der Waals surface area contributed by atoms with Crippen molar-refractivity contribution in [1.29, 1.82) is 0 Å². The van der Waals surface area contributed by atoms with Gasteiger partial charge in [-0.2, -0.15) is 0 Å². The second-order valence-corrected chi connectivity index (χ2v) is 1.29. The molecule has 0 aromatic carbocycles. The summed E-state index contributed by atoms with van der Waals surface area (Å²) in [6.07, 6.45) is -0.593. The maximum Gasteiger partial charge on any atom is 1.00 e. The van der Waals surface area contributed by atoms with E-state index < -0.39 is 11.9 Å².